The van der Waals surface area contributed by atoms with E-state index in [0.717, 1.165) is 27.9 Å². The molecule has 0 bridgehead atoms. The number of amides is 2. The van der Waals surface area contributed by atoms with E-state index in [1.165, 1.54) is 0 Å². The molecule has 1 fully saturated rings. The Hall–Kier alpha value is -6.56. The van der Waals surface area contributed by atoms with Crippen molar-refractivity contribution in [1.82, 2.24) is 25.7 Å². The summed E-state index contributed by atoms with van der Waals surface area (Å²) >= 11 is 0. The molecule has 60 heavy (non-hydrogen) atoms. The van der Waals surface area contributed by atoms with Crippen LogP contribution >= 0.6 is 0 Å². The number of carboxylic acids is 3. The summed E-state index contributed by atoms with van der Waals surface area (Å²) in [5.74, 6) is -8.46. The monoisotopic (exact) mass is 867 g/mol. The molecular formula is C36H34F9N5O10. The SMILES string of the molecule is Cc1cc(COc2ccc(C(=O)NC3(CC(=O)NO)CCN(Cc4ccccn4)C3)cc2)c2ccccc2n1.O=C(O)C(F)(F)F.O=C(O)C(F)(F)F.O=C(O)C(F)(F)F. The number of hydrogen-bond donors (Lipinski definition) is 6. The third-order valence-corrected chi connectivity index (χ3v) is 7.72. The van der Waals surface area contributed by atoms with Crippen LogP contribution < -0.4 is 15.5 Å². The van der Waals surface area contributed by atoms with Crippen LogP contribution in [0.3, 0.4) is 0 Å². The highest BCUT2D eigenvalue weighted by Crippen LogP contribution is 2.28. The summed E-state index contributed by atoms with van der Waals surface area (Å²) in [5.41, 5.74) is 5.16. The molecule has 1 saturated heterocycles. The van der Waals surface area contributed by atoms with Crippen LogP contribution in [-0.2, 0) is 32.3 Å². The van der Waals surface area contributed by atoms with E-state index < -0.39 is 47.9 Å². The zero-order valence-electron chi connectivity index (χ0n) is 30.7. The number of carbonyl (C=O) groups excluding carboxylic acids is 2. The first kappa shape index (κ1) is 49.6. The van der Waals surface area contributed by atoms with Crippen molar-refractivity contribution in [2.24, 2.45) is 0 Å². The molecule has 1 unspecified atom stereocenters. The molecule has 1 atom stereocenters. The number of rotatable bonds is 9. The number of nitrogens with one attached hydrogen (secondary N) is 2. The fraction of sp³-hybridized carbons (Fsp3) is 0.306. The molecule has 3 heterocycles. The number of fused-ring (bicyclic) bond motifs is 1. The summed E-state index contributed by atoms with van der Waals surface area (Å²) in [7, 11) is 0. The summed E-state index contributed by atoms with van der Waals surface area (Å²) in [6.07, 6.45) is -13.0. The summed E-state index contributed by atoms with van der Waals surface area (Å²) in [4.78, 5) is 63.1. The van der Waals surface area contributed by atoms with Gasteiger partial charge in [0.25, 0.3) is 5.91 Å². The maximum atomic E-state index is 13.2. The first-order valence-electron chi connectivity index (χ1n) is 16.6. The van der Waals surface area contributed by atoms with Crippen molar-refractivity contribution in [2.45, 2.75) is 57.0 Å². The highest BCUT2D eigenvalue weighted by molar-refractivity contribution is 5.95. The van der Waals surface area contributed by atoms with Gasteiger partial charge in [0.05, 0.1) is 23.2 Å². The number of ether oxygens (including phenoxy) is 1. The van der Waals surface area contributed by atoms with E-state index in [1.54, 1.807) is 35.9 Å². The van der Waals surface area contributed by atoms with Crippen molar-refractivity contribution < 1.29 is 88.8 Å². The lowest BCUT2D eigenvalue weighted by molar-refractivity contribution is -0.193. The highest BCUT2D eigenvalue weighted by atomic mass is 19.4. The Bertz CT molecular complexity index is 2030. The molecule has 2 amide bonds. The number of hydrogen-bond acceptors (Lipinski definition) is 10. The van der Waals surface area contributed by atoms with Gasteiger partial charge in [0.2, 0.25) is 5.91 Å². The number of aromatic nitrogens is 2. The Kier molecular flexibility index (Phi) is 17.7. The molecular weight excluding hydrogens is 833 g/mol. The normalized spacial score (nSPS) is 15.1. The smallest absolute Gasteiger partial charge is 0.489 e. The lowest BCUT2D eigenvalue weighted by Crippen LogP contribution is -2.52. The molecule has 1 aliphatic rings. The quantitative estimate of drug-likeness (QED) is 0.0676. The minimum absolute atomic E-state index is 0.0333. The van der Waals surface area contributed by atoms with Gasteiger partial charge in [-0.1, -0.05) is 24.3 Å². The number of aryl methyl sites for hydroxylation is 1. The molecule has 0 aliphatic carbocycles. The fourth-order valence-electron chi connectivity index (χ4n) is 5.14. The Labute approximate surface area is 332 Å². The van der Waals surface area contributed by atoms with Crippen molar-refractivity contribution in [1.29, 1.82) is 0 Å². The van der Waals surface area contributed by atoms with E-state index in [2.05, 4.69) is 20.2 Å². The van der Waals surface area contributed by atoms with E-state index >= 15 is 0 Å². The maximum Gasteiger partial charge on any atom is 0.490 e. The minimum Gasteiger partial charge on any atom is -0.489 e. The zero-order chi connectivity index (χ0) is 45.5. The van der Waals surface area contributed by atoms with Crippen LogP contribution in [0.15, 0.2) is 79.0 Å². The second-order valence-corrected chi connectivity index (χ2v) is 12.4. The standard InChI is InChI=1S/C30H31N5O4.3C2HF3O2/c1-21-16-23(26-7-2-3-8-27(26)32-21)19-39-25-11-9-22(10-12-25)29(37)33-30(17-28(36)34-38)13-15-35(20-30)18-24-6-4-5-14-31-24;3*3-2(4,5)1(6)7/h2-12,14,16,38H,13,15,17-20H2,1H3,(H,33,37)(H,34,36);3*(H,6,7). The molecule has 2 aromatic carbocycles. The number of alkyl halides is 9. The topological polar surface area (TPSA) is 229 Å². The number of benzene rings is 2. The van der Waals surface area contributed by atoms with Crippen LogP contribution in [-0.4, -0.2) is 102 Å². The maximum absolute atomic E-state index is 13.2. The van der Waals surface area contributed by atoms with Gasteiger partial charge < -0.3 is 25.4 Å². The van der Waals surface area contributed by atoms with Crippen molar-refractivity contribution in [3.63, 3.8) is 0 Å². The van der Waals surface area contributed by atoms with Gasteiger partial charge in [-0.3, -0.25) is 29.7 Å². The molecule has 6 N–H and O–H groups in total. The zero-order valence-corrected chi connectivity index (χ0v) is 30.7. The van der Waals surface area contributed by atoms with Crippen LogP contribution in [0.2, 0.25) is 0 Å². The number of carboxylic acid groups (broad SMARTS) is 3. The number of carbonyl (C=O) groups is 5. The minimum atomic E-state index is -5.08. The Morgan fingerprint density at radius 3 is 1.83 bits per heavy atom. The fourth-order valence-corrected chi connectivity index (χ4v) is 5.14. The molecule has 0 saturated carbocycles. The Morgan fingerprint density at radius 1 is 0.800 bits per heavy atom. The number of para-hydroxylation sites is 1. The molecule has 2 aromatic heterocycles. The molecule has 0 spiro atoms. The van der Waals surface area contributed by atoms with Gasteiger partial charge in [0.1, 0.15) is 12.4 Å². The van der Waals surface area contributed by atoms with Crippen LogP contribution in [0, 0.1) is 6.92 Å². The van der Waals surface area contributed by atoms with Gasteiger partial charge in [-0.15, -0.1) is 0 Å². The lowest BCUT2D eigenvalue weighted by atomic mass is 9.93. The van der Waals surface area contributed by atoms with Gasteiger partial charge in [-0.05, 0) is 61.9 Å². The van der Waals surface area contributed by atoms with Crippen LogP contribution in [0.25, 0.3) is 10.9 Å². The summed E-state index contributed by atoms with van der Waals surface area (Å²) in [6.45, 7) is 4.09. The summed E-state index contributed by atoms with van der Waals surface area (Å²) in [5, 5.41) is 34.6. The van der Waals surface area contributed by atoms with Gasteiger partial charge >= 0.3 is 36.4 Å². The average Bonchev–Trinajstić information content (AvgIpc) is 3.54. The van der Waals surface area contributed by atoms with Crippen molar-refractivity contribution >= 4 is 40.6 Å². The first-order chi connectivity index (χ1) is 27.8. The summed E-state index contributed by atoms with van der Waals surface area (Å²) in [6, 6.07) is 22.7. The van der Waals surface area contributed by atoms with Gasteiger partial charge in [-0.2, -0.15) is 39.5 Å². The predicted octanol–water partition coefficient (Wildman–Crippen LogP) is 5.69. The second-order valence-electron chi connectivity index (χ2n) is 12.4. The van der Waals surface area contributed by atoms with E-state index in [9.17, 15) is 49.1 Å². The molecule has 15 nitrogen and oxygen atoms in total. The van der Waals surface area contributed by atoms with E-state index in [4.69, 9.17) is 39.6 Å². The largest absolute Gasteiger partial charge is 0.490 e. The van der Waals surface area contributed by atoms with Crippen molar-refractivity contribution in [3.8, 4) is 5.75 Å². The number of pyridine rings is 2. The highest BCUT2D eigenvalue weighted by Gasteiger charge is 2.42. The molecule has 0 radical (unpaired) electrons. The Balaban J connectivity index is 0.000000485. The molecule has 24 heteroatoms. The molecule has 4 aromatic rings. The summed E-state index contributed by atoms with van der Waals surface area (Å²) < 4.78 is 101. The van der Waals surface area contributed by atoms with Gasteiger partial charge in [-0.25, -0.2) is 19.9 Å². The number of halogens is 9. The van der Waals surface area contributed by atoms with Crippen LogP contribution in [0.1, 0.15) is 40.2 Å². The first-order valence-corrected chi connectivity index (χ1v) is 16.6. The van der Waals surface area contributed by atoms with Crippen molar-refractivity contribution in [3.05, 3.63) is 102 Å². The van der Waals surface area contributed by atoms with Gasteiger partial charge in [0.15, 0.2) is 0 Å². The van der Waals surface area contributed by atoms with Crippen LogP contribution in [0.5, 0.6) is 5.75 Å². The number of hydroxylamine groups is 1. The van der Waals surface area contributed by atoms with E-state index in [-0.39, 0.29) is 12.3 Å². The number of aliphatic carboxylic acids is 3. The third-order valence-electron chi connectivity index (χ3n) is 7.72. The van der Waals surface area contributed by atoms with E-state index in [1.807, 2.05) is 55.5 Å². The van der Waals surface area contributed by atoms with Crippen LogP contribution in [0.4, 0.5) is 39.5 Å². The molecule has 5 rings (SSSR count). The number of likely N-dealkylation sites (tertiary alicyclic amines) is 1. The second kappa shape index (κ2) is 21.4. The molecule has 326 valence electrons. The van der Waals surface area contributed by atoms with Crippen molar-refractivity contribution in [2.75, 3.05) is 13.1 Å². The Morgan fingerprint density at radius 2 is 1.33 bits per heavy atom. The average molecular weight is 868 g/mol. The van der Waals surface area contributed by atoms with E-state index in [0.29, 0.717) is 44.0 Å². The van der Waals surface area contributed by atoms with Gasteiger partial charge in [0, 0.05) is 48.0 Å². The third kappa shape index (κ3) is 16.7. The molecule has 1 aliphatic heterocycles. The lowest BCUT2D eigenvalue weighted by Gasteiger charge is -2.30. The predicted molar refractivity (Wildman–Crippen MR) is 187 cm³/mol. The number of nitrogens with zero attached hydrogens (tertiary/aromatic N) is 3.